The van der Waals surface area contributed by atoms with Crippen LogP contribution in [0.2, 0.25) is 0 Å². The molecular formula is C15H24N2O. The monoisotopic (exact) mass is 248 g/mol. The Balaban J connectivity index is 2.88. The Hall–Kier alpha value is -1.35. The molecule has 0 spiro atoms. The first-order chi connectivity index (χ1) is 8.36. The molecule has 0 aliphatic heterocycles. The fraction of sp³-hybridized carbons (Fsp3) is 0.533. The maximum atomic E-state index is 12.0. The molecule has 100 valence electrons. The number of amides is 1. The lowest BCUT2D eigenvalue weighted by atomic mass is 9.99. The molecule has 0 heterocycles. The van der Waals surface area contributed by atoms with E-state index in [0.717, 1.165) is 0 Å². The molecule has 3 nitrogen and oxygen atoms in total. The van der Waals surface area contributed by atoms with Crippen LogP contribution < -0.4 is 5.73 Å². The maximum Gasteiger partial charge on any atom is 0.226 e. The van der Waals surface area contributed by atoms with Gasteiger partial charge in [-0.15, -0.1) is 0 Å². The first kappa shape index (κ1) is 14.7. The normalized spacial score (nSPS) is 12.3. The fourth-order valence-corrected chi connectivity index (χ4v) is 2.25. The van der Waals surface area contributed by atoms with Crippen molar-refractivity contribution in [2.75, 3.05) is 13.6 Å². The number of carbonyl (C=O) groups is 1. The van der Waals surface area contributed by atoms with Gasteiger partial charge in [-0.25, -0.2) is 0 Å². The Morgan fingerprint density at radius 1 is 1.28 bits per heavy atom. The minimum atomic E-state index is -0.110. The molecule has 18 heavy (non-hydrogen) atoms. The number of nitrogens with two attached hydrogens (primary N) is 1. The molecule has 0 radical (unpaired) electrons. The summed E-state index contributed by atoms with van der Waals surface area (Å²) in [5.74, 6) is -0.00191. The average Bonchev–Trinajstić information content (AvgIpc) is 2.31. The molecule has 0 saturated heterocycles. The summed E-state index contributed by atoms with van der Waals surface area (Å²) >= 11 is 0. The first-order valence-electron chi connectivity index (χ1n) is 6.38. The fourth-order valence-electron chi connectivity index (χ4n) is 2.25. The Kier molecular flexibility index (Phi) is 4.91. The number of rotatable bonds is 4. The van der Waals surface area contributed by atoms with Crippen LogP contribution in [0.4, 0.5) is 0 Å². The van der Waals surface area contributed by atoms with Crippen LogP contribution in [0.15, 0.2) is 12.1 Å². The summed E-state index contributed by atoms with van der Waals surface area (Å²) in [7, 11) is 1.84. The summed E-state index contributed by atoms with van der Waals surface area (Å²) < 4.78 is 0. The lowest BCUT2D eigenvalue weighted by molar-refractivity contribution is -0.133. The van der Waals surface area contributed by atoms with Gasteiger partial charge >= 0.3 is 0 Å². The van der Waals surface area contributed by atoms with E-state index in [1.165, 1.54) is 22.3 Å². The van der Waals surface area contributed by atoms with Gasteiger partial charge in [-0.3, -0.25) is 4.79 Å². The molecule has 1 amide bonds. The Morgan fingerprint density at radius 2 is 1.78 bits per heavy atom. The van der Waals surface area contributed by atoms with Crippen molar-refractivity contribution in [2.45, 2.75) is 34.2 Å². The smallest absolute Gasteiger partial charge is 0.226 e. The lowest BCUT2D eigenvalue weighted by Crippen LogP contribution is -2.35. The van der Waals surface area contributed by atoms with E-state index in [1.807, 2.05) is 14.0 Å². The number of carbonyl (C=O) groups excluding carboxylic acids is 1. The molecule has 0 fully saturated rings. The molecule has 1 unspecified atom stereocenters. The third-order valence-electron chi connectivity index (χ3n) is 3.39. The van der Waals surface area contributed by atoms with Gasteiger partial charge in [0.25, 0.3) is 0 Å². The van der Waals surface area contributed by atoms with Crippen LogP contribution in [0.25, 0.3) is 0 Å². The molecule has 1 atom stereocenters. The molecule has 0 aromatic heterocycles. The Bertz CT molecular complexity index is 417. The largest absolute Gasteiger partial charge is 0.341 e. The molecule has 0 saturated carbocycles. The minimum absolute atomic E-state index is 0.108. The molecule has 0 bridgehead atoms. The van der Waals surface area contributed by atoms with Crippen molar-refractivity contribution in [3.63, 3.8) is 0 Å². The standard InChI is InChI=1S/C15H24N2O/c1-10-6-11(2)14(12(3)7-10)9-17(5)15(18)13(4)8-16/h6-7,13H,8-9,16H2,1-5H3. The highest BCUT2D eigenvalue weighted by Crippen LogP contribution is 2.18. The van der Waals surface area contributed by atoms with Crippen LogP contribution >= 0.6 is 0 Å². The Morgan fingerprint density at radius 3 is 2.22 bits per heavy atom. The minimum Gasteiger partial charge on any atom is -0.341 e. The molecule has 1 aromatic rings. The lowest BCUT2D eigenvalue weighted by Gasteiger charge is -2.23. The van der Waals surface area contributed by atoms with Crippen LogP contribution in [-0.2, 0) is 11.3 Å². The number of benzene rings is 1. The molecule has 1 rings (SSSR count). The van der Waals surface area contributed by atoms with Crippen LogP contribution in [0, 0.1) is 26.7 Å². The summed E-state index contributed by atoms with van der Waals surface area (Å²) in [6.07, 6.45) is 0. The van der Waals surface area contributed by atoms with Gasteiger partial charge in [0, 0.05) is 26.1 Å². The van der Waals surface area contributed by atoms with Crippen molar-refractivity contribution in [2.24, 2.45) is 11.7 Å². The second kappa shape index (κ2) is 6.01. The number of aryl methyl sites for hydroxylation is 3. The van der Waals surface area contributed by atoms with Gasteiger partial charge < -0.3 is 10.6 Å². The maximum absolute atomic E-state index is 12.0. The predicted octanol–water partition coefficient (Wildman–Crippen LogP) is 2.17. The van der Waals surface area contributed by atoms with E-state index >= 15 is 0 Å². The summed E-state index contributed by atoms with van der Waals surface area (Å²) in [6, 6.07) is 4.32. The van der Waals surface area contributed by atoms with E-state index in [0.29, 0.717) is 13.1 Å². The van der Waals surface area contributed by atoms with Crippen molar-refractivity contribution in [1.82, 2.24) is 4.90 Å². The van der Waals surface area contributed by atoms with Crippen molar-refractivity contribution >= 4 is 5.91 Å². The zero-order valence-electron chi connectivity index (χ0n) is 12.1. The van der Waals surface area contributed by atoms with E-state index in [1.54, 1.807) is 4.90 Å². The highest BCUT2D eigenvalue weighted by atomic mass is 16.2. The van der Waals surface area contributed by atoms with E-state index in [2.05, 4.69) is 32.9 Å². The van der Waals surface area contributed by atoms with Crippen molar-refractivity contribution < 1.29 is 4.79 Å². The van der Waals surface area contributed by atoms with Crippen molar-refractivity contribution in [3.05, 3.63) is 34.4 Å². The van der Waals surface area contributed by atoms with Gasteiger partial charge in [-0.2, -0.15) is 0 Å². The van der Waals surface area contributed by atoms with E-state index in [4.69, 9.17) is 5.73 Å². The van der Waals surface area contributed by atoms with Crippen LogP contribution in [0.1, 0.15) is 29.2 Å². The third-order valence-corrected chi connectivity index (χ3v) is 3.39. The van der Waals surface area contributed by atoms with Crippen molar-refractivity contribution in [3.8, 4) is 0 Å². The second-order valence-corrected chi connectivity index (χ2v) is 5.21. The quantitative estimate of drug-likeness (QED) is 0.887. The average molecular weight is 248 g/mol. The predicted molar refractivity (Wildman–Crippen MR) is 75.3 cm³/mol. The van der Waals surface area contributed by atoms with Gasteiger partial charge in [-0.05, 0) is 37.5 Å². The topological polar surface area (TPSA) is 46.3 Å². The number of nitrogens with zero attached hydrogens (tertiary/aromatic N) is 1. The van der Waals surface area contributed by atoms with Gasteiger partial charge in [0.1, 0.15) is 0 Å². The van der Waals surface area contributed by atoms with Gasteiger partial charge in [0.15, 0.2) is 0 Å². The molecule has 2 N–H and O–H groups in total. The van der Waals surface area contributed by atoms with Gasteiger partial charge in [0.05, 0.1) is 0 Å². The first-order valence-corrected chi connectivity index (χ1v) is 6.38. The summed E-state index contributed by atoms with van der Waals surface area (Å²) in [5, 5.41) is 0. The SMILES string of the molecule is Cc1cc(C)c(CN(C)C(=O)C(C)CN)c(C)c1. The molecule has 0 aliphatic carbocycles. The summed E-state index contributed by atoms with van der Waals surface area (Å²) in [5.41, 5.74) is 10.5. The zero-order chi connectivity index (χ0) is 13.9. The van der Waals surface area contributed by atoms with Gasteiger partial charge in [0.2, 0.25) is 5.91 Å². The number of hydrogen-bond donors (Lipinski definition) is 1. The molecular weight excluding hydrogens is 224 g/mol. The molecule has 1 aromatic carbocycles. The molecule has 3 heteroatoms. The van der Waals surface area contributed by atoms with Crippen LogP contribution in [0.5, 0.6) is 0 Å². The van der Waals surface area contributed by atoms with E-state index in [9.17, 15) is 4.79 Å². The Labute approximate surface area is 110 Å². The molecule has 0 aliphatic rings. The van der Waals surface area contributed by atoms with Gasteiger partial charge in [-0.1, -0.05) is 24.6 Å². The van der Waals surface area contributed by atoms with E-state index < -0.39 is 0 Å². The van der Waals surface area contributed by atoms with Crippen LogP contribution in [-0.4, -0.2) is 24.4 Å². The highest BCUT2D eigenvalue weighted by Gasteiger charge is 2.17. The number of hydrogen-bond acceptors (Lipinski definition) is 2. The zero-order valence-corrected chi connectivity index (χ0v) is 12.1. The van der Waals surface area contributed by atoms with E-state index in [-0.39, 0.29) is 11.8 Å². The summed E-state index contributed by atoms with van der Waals surface area (Å²) in [4.78, 5) is 13.8. The summed E-state index contributed by atoms with van der Waals surface area (Å²) in [6.45, 7) is 9.21. The van der Waals surface area contributed by atoms with Crippen LogP contribution in [0.3, 0.4) is 0 Å². The highest BCUT2D eigenvalue weighted by molar-refractivity contribution is 5.78. The van der Waals surface area contributed by atoms with Crippen molar-refractivity contribution in [1.29, 1.82) is 0 Å². The second-order valence-electron chi connectivity index (χ2n) is 5.21. The third kappa shape index (κ3) is 3.33.